The van der Waals surface area contributed by atoms with E-state index in [1.165, 1.54) is 11.3 Å². The van der Waals surface area contributed by atoms with Crippen LogP contribution in [0.2, 0.25) is 0 Å². The molecule has 1 N–H and O–H groups in total. The zero-order chi connectivity index (χ0) is 10.8. The van der Waals surface area contributed by atoms with Crippen LogP contribution in [-0.4, -0.2) is 10.6 Å². The minimum absolute atomic E-state index is 0.101. The minimum atomic E-state index is 0.101. The highest BCUT2D eigenvalue weighted by Crippen LogP contribution is 2.15. The van der Waals surface area contributed by atoms with Gasteiger partial charge in [-0.15, -0.1) is 0 Å². The molecule has 0 aliphatic carbocycles. The number of fused-ring (bicyclic) bond motifs is 1. The van der Waals surface area contributed by atoms with E-state index >= 15 is 0 Å². The molecule has 0 saturated heterocycles. The molecule has 2 aromatic rings. The largest absolute Gasteiger partial charge is 0.309 e. The second-order valence-corrected chi connectivity index (χ2v) is 4.77. The summed E-state index contributed by atoms with van der Waals surface area (Å²) in [5.41, 5.74) is 1.01. The first-order valence-electron chi connectivity index (χ1n) is 5.00. The van der Waals surface area contributed by atoms with E-state index in [0.717, 1.165) is 10.2 Å². The molecule has 3 nitrogen and oxygen atoms in total. The van der Waals surface area contributed by atoms with E-state index in [1.807, 2.05) is 24.3 Å². The Morgan fingerprint density at radius 1 is 1.40 bits per heavy atom. The molecule has 1 aromatic carbocycles. The standard InChI is InChI=1S/C11H14N2OS/c1-8(2)12-7-13-9-5-3-4-6-10(9)15-11(13)14/h3-6,8,12H,7H2,1-2H3. The van der Waals surface area contributed by atoms with Crippen LogP contribution in [0.3, 0.4) is 0 Å². The van der Waals surface area contributed by atoms with Crippen LogP contribution in [0, 0.1) is 0 Å². The summed E-state index contributed by atoms with van der Waals surface area (Å²) in [6, 6.07) is 8.26. The van der Waals surface area contributed by atoms with Gasteiger partial charge in [0.05, 0.1) is 16.9 Å². The maximum atomic E-state index is 11.7. The predicted molar refractivity (Wildman–Crippen MR) is 64.4 cm³/mol. The van der Waals surface area contributed by atoms with Crippen LogP contribution in [0.4, 0.5) is 0 Å². The lowest BCUT2D eigenvalue weighted by Gasteiger charge is -2.08. The molecule has 0 radical (unpaired) electrons. The average Bonchev–Trinajstić information content (AvgIpc) is 2.50. The minimum Gasteiger partial charge on any atom is -0.297 e. The zero-order valence-corrected chi connectivity index (χ0v) is 9.67. The number of rotatable bonds is 3. The van der Waals surface area contributed by atoms with E-state index in [9.17, 15) is 4.79 Å². The van der Waals surface area contributed by atoms with Gasteiger partial charge in [0, 0.05) is 6.04 Å². The van der Waals surface area contributed by atoms with Crippen molar-refractivity contribution in [2.75, 3.05) is 0 Å². The third kappa shape index (κ3) is 2.11. The lowest BCUT2D eigenvalue weighted by molar-refractivity contribution is 0.503. The third-order valence-electron chi connectivity index (χ3n) is 2.23. The number of nitrogens with one attached hydrogen (secondary N) is 1. The van der Waals surface area contributed by atoms with Crippen LogP contribution in [0.1, 0.15) is 13.8 Å². The third-order valence-corrected chi connectivity index (χ3v) is 3.19. The monoisotopic (exact) mass is 222 g/mol. The van der Waals surface area contributed by atoms with Crippen molar-refractivity contribution in [1.29, 1.82) is 0 Å². The second kappa shape index (κ2) is 4.16. The van der Waals surface area contributed by atoms with Crippen LogP contribution in [0.25, 0.3) is 10.2 Å². The van der Waals surface area contributed by atoms with Gasteiger partial charge in [0.15, 0.2) is 0 Å². The van der Waals surface area contributed by atoms with Gasteiger partial charge in [-0.1, -0.05) is 23.5 Å². The molecule has 0 amide bonds. The van der Waals surface area contributed by atoms with Crippen molar-refractivity contribution in [3.05, 3.63) is 33.9 Å². The highest BCUT2D eigenvalue weighted by molar-refractivity contribution is 7.16. The molecule has 2 rings (SSSR count). The fourth-order valence-corrected chi connectivity index (χ4v) is 2.33. The van der Waals surface area contributed by atoms with E-state index in [2.05, 4.69) is 19.2 Å². The molecule has 0 spiro atoms. The van der Waals surface area contributed by atoms with Gasteiger partial charge in [0.25, 0.3) is 0 Å². The summed E-state index contributed by atoms with van der Waals surface area (Å²) in [5.74, 6) is 0. The van der Waals surface area contributed by atoms with Gasteiger partial charge in [-0.3, -0.25) is 14.7 Å². The summed E-state index contributed by atoms with van der Waals surface area (Å²) in [6.07, 6.45) is 0. The number of para-hydroxylation sites is 1. The van der Waals surface area contributed by atoms with Crippen molar-refractivity contribution in [1.82, 2.24) is 9.88 Å². The molecule has 0 aliphatic rings. The number of aromatic nitrogens is 1. The van der Waals surface area contributed by atoms with E-state index in [-0.39, 0.29) is 4.87 Å². The normalized spacial score (nSPS) is 11.4. The molecule has 0 saturated carbocycles. The number of thiazole rings is 1. The Hall–Kier alpha value is -1.13. The van der Waals surface area contributed by atoms with Crippen molar-refractivity contribution in [2.45, 2.75) is 26.6 Å². The van der Waals surface area contributed by atoms with Crippen molar-refractivity contribution in [3.8, 4) is 0 Å². The van der Waals surface area contributed by atoms with E-state index < -0.39 is 0 Å². The first kappa shape index (κ1) is 10.4. The quantitative estimate of drug-likeness (QED) is 0.862. The van der Waals surface area contributed by atoms with E-state index in [4.69, 9.17) is 0 Å². The Balaban J connectivity index is 2.41. The molecule has 0 fully saturated rings. The lowest BCUT2D eigenvalue weighted by atomic mass is 10.3. The molecule has 1 heterocycles. The molecule has 0 unspecified atom stereocenters. The summed E-state index contributed by atoms with van der Waals surface area (Å²) in [5, 5.41) is 3.25. The fourth-order valence-electron chi connectivity index (χ4n) is 1.44. The van der Waals surface area contributed by atoms with Crippen LogP contribution < -0.4 is 10.2 Å². The van der Waals surface area contributed by atoms with Gasteiger partial charge in [-0.05, 0) is 26.0 Å². The van der Waals surface area contributed by atoms with Gasteiger partial charge in [-0.25, -0.2) is 0 Å². The van der Waals surface area contributed by atoms with Crippen LogP contribution in [-0.2, 0) is 6.67 Å². The first-order valence-corrected chi connectivity index (χ1v) is 5.82. The Bertz CT molecular complexity index is 513. The van der Waals surface area contributed by atoms with Gasteiger partial charge in [0.1, 0.15) is 0 Å². The highest BCUT2D eigenvalue weighted by Gasteiger charge is 2.05. The average molecular weight is 222 g/mol. The number of hydrogen-bond acceptors (Lipinski definition) is 3. The molecule has 0 atom stereocenters. The number of nitrogens with zero attached hydrogens (tertiary/aromatic N) is 1. The molecule has 80 valence electrons. The smallest absolute Gasteiger partial charge is 0.297 e. The lowest BCUT2D eigenvalue weighted by Crippen LogP contribution is -2.29. The summed E-state index contributed by atoms with van der Waals surface area (Å²) in [6.45, 7) is 4.72. The molecular weight excluding hydrogens is 208 g/mol. The first-order chi connectivity index (χ1) is 7.18. The highest BCUT2D eigenvalue weighted by atomic mass is 32.1. The van der Waals surface area contributed by atoms with E-state index in [1.54, 1.807) is 4.57 Å². The van der Waals surface area contributed by atoms with Crippen molar-refractivity contribution in [3.63, 3.8) is 0 Å². The van der Waals surface area contributed by atoms with Gasteiger partial charge < -0.3 is 0 Å². The van der Waals surface area contributed by atoms with Crippen molar-refractivity contribution in [2.24, 2.45) is 0 Å². The van der Waals surface area contributed by atoms with Crippen molar-refractivity contribution < 1.29 is 0 Å². The summed E-state index contributed by atoms with van der Waals surface area (Å²) < 4.78 is 2.83. The fraction of sp³-hybridized carbons (Fsp3) is 0.364. The zero-order valence-electron chi connectivity index (χ0n) is 8.86. The maximum Gasteiger partial charge on any atom is 0.309 e. The molecule has 4 heteroatoms. The van der Waals surface area contributed by atoms with E-state index in [0.29, 0.717) is 12.7 Å². The van der Waals surface area contributed by atoms with Gasteiger partial charge in [0.2, 0.25) is 0 Å². The summed E-state index contributed by atoms with van der Waals surface area (Å²) >= 11 is 1.30. The molecule has 15 heavy (non-hydrogen) atoms. The van der Waals surface area contributed by atoms with Crippen molar-refractivity contribution >= 4 is 21.6 Å². The summed E-state index contributed by atoms with van der Waals surface area (Å²) in [4.78, 5) is 11.8. The maximum absolute atomic E-state index is 11.7. The SMILES string of the molecule is CC(C)NCn1c(=O)sc2ccccc21. The molecule has 0 bridgehead atoms. The Labute approximate surface area is 92.4 Å². The Kier molecular flexibility index (Phi) is 2.88. The topological polar surface area (TPSA) is 34.0 Å². The predicted octanol–water partition coefficient (Wildman–Crippen LogP) is 2.02. The number of benzene rings is 1. The Morgan fingerprint density at radius 3 is 2.87 bits per heavy atom. The molecule has 1 aromatic heterocycles. The number of hydrogen-bond donors (Lipinski definition) is 1. The Morgan fingerprint density at radius 2 is 2.13 bits per heavy atom. The van der Waals surface area contributed by atoms with Gasteiger partial charge in [-0.2, -0.15) is 0 Å². The van der Waals surface area contributed by atoms with Crippen LogP contribution in [0.5, 0.6) is 0 Å². The second-order valence-electron chi connectivity index (χ2n) is 3.78. The molecular formula is C11H14N2OS. The van der Waals surface area contributed by atoms with Crippen LogP contribution in [0.15, 0.2) is 29.1 Å². The van der Waals surface area contributed by atoms with Gasteiger partial charge >= 0.3 is 4.87 Å². The summed E-state index contributed by atoms with van der Waals surface area (Å²) in [7, 11) is 0. The molecule has 0 aliphatic heterocycles. The van der Waals surface area contributed by atoms with Crippen LogP contribution >= 0.6 is 11.3 Å².